The Morgan fingerprint density at radius 2 is 1.78 bits per heavy atom. The summed E-state index contributed by atoms with van der Waals surface area (Å²) >= 11 is 0. The zero-order chi connectivity index (χ0) is 16.2. The Kier molecular flexibility index (Phi) is 4.14. The molecule has 3 aromatic rings. The fourth-order valence-electron chi connectivity index (χ4n) is 2.17. The van der Waals surface area contributed by atoms with Crippen molar-refractivity contribution in [2.75, 3.05) is 0 Å². The van der Waals surface area contributed by atoms with Crippen molar-refractivity contribution >= 4 is 23.1 Å². The van der Waals surface area contributed by atoms with E-state index in [2.05, 4.69) is 14.7 Å². The van der Waals surface area contributed by atoms with Gasteiger partial charge in [0, 0.05) is 5.56 Å². The number of hydrogen-bond acceptors (Lipinski definition) is 3. The van der Waals surface area contributed by atoms with E-state index < -0.39 is 6.61 Å². The normalized spacial score (nSPS) is 11.4. The Morgan fingerprint density at radius 3 is 2.61 bits per heavy atom. The van der Waals surface area contributed by atoms with Crippen molar-refractivity contribution in [3.05, 3.63) is 70.3 Å². The van der Waals surface area contributed by atoms with Gasteiger partial charge in [-0.1, -0.05) is 30.3 Å². The zero-order valence-corrected chi connectivity index (χ0v) is 11.9. The number of benzene rings is 2. The Hall–Kier alpha value is -3.02. The van der Waals surface area contributed by atoms with Crippen LogP contribution in [0.15, 0.2) is 53.3 Å². The summed E-state index contributed by atoms with van der Waals surface area (Å²) in [5.41, 5.74) is 0.768. The summed E-state index contributed by atoms with van der Waals surface area (Å²) < 4.78 is 29.2. The first-order chi connectivity index (χ1) is 11.1. The Morgan fingerprint density at radius 1 is 1.04 bits per heavy atom. The molecular weight excluding hydrogens is 302 g/mol. The number of fused-ring (bicyclic) bond motifs is 1. The molecular formula is C17H12F2N2O2. The number of nitrogens with one attached hydrogen (secondary N) is 1. The first-order valence-electron chi connectivity index (χ1n) is 6.84. The van der Waals surface area contributed by atoms with Crippen LogP contribution in [-0.4, -0.2) is 16.6 Å². The molecule has 3 rings (SSSR count). The minimum Gasteiger partial charge on any atom is -0.434 e. The molecule has 0 aliphatic rings. The molecule has 1 N–H and O–H groups in total. The number of ether oxygens (including phenoxy) is 1. The first kappa shape index (κ1) is 14.9. The summed E-state index contributed by atoms with van der Waals surface area (Å²) in [4.78, 5) is 18.9. The van der Waals surface area contributed by atoms with E-state index >= 15 is 0 Å². The predicted molar refractivity (Wildman–Crippen MR) is 84.4 cm³/mol. The van der Waals surface area contributed by atoms with Crippen LogP contribution in [0, 0.1) is 0 Å². The van der Waals surface area contributed by atoms with Crippen LogP contribution in [0.25, 0.3) is 23.1 Å². The molecule has 0 aliphatic carbocycles. The molecule has 0 unspecified atom stereocenters. The van der Waals surface area contributed by atoms with Crippen molar-refractivity contribution in [3.8, 4) is 5.75 Å². The Bertz CT molecular complexity index is 920. The van der Waals surface area contributed by atoms with Crippen LogP contribution in [-0.2, 0) is 0 Å². The number of halogens is 2. The lowest BCUT2D eigenvalue weighted by atomic mass is 10.2. The number of aromatic amines is 1. The van der Waals surface area contributed by atoms with Gasteiger partial charge >= 0.3 is 6.61 Å². The molecule has 0 saturated carbocycles. The fraction of sp³-hybridized carbons (Fsp3) is 0.0588. The molecule has 0 bridgehead atoms. The SMILES string of the molecule is O=c1[nH]c(/C=C/c2ccccc2OC(F)F)nc2ccccc12. The van der Waals surface area contributed by atoms with Gasteiger partial charge in [-0.2, -0.15) is 8.78 Å². The van der Waals surface area contributed by atoms with Crippen LogP contribution in [0.2, 0.25) is 0 Å². The van der Waals surface area contributed by atoms with Crippen molar-refractivity contribution in [1.82, 2.24) is 9.97 Å². The molecule has 116 valence electrons. The second-order valence-corrected chi connectivity index (χ2v) is 4.72. The second kappa shape index (κ2) is 6.39. The topological polar surface area (TPSA) is 55.0 Å². The van der Waals surface area contributed by atoms with E-state index in [0.29, 0.717) is 22.3 Å². The number of aromatic nitrogens is 2. The van der Waals surface area contributed by atoms with E-state index in [9.17, 15) is 13.6 Å². The maximum atomic E-state index is 12.4. The van der Waals surface area contributed by atoms with Crippen LogP contribution >= 0.6 is 0 Å². The maximum Gasteiger partial charge on any atom is 0.387 e. The fourth-order valence-corrected chi connectivity index (χ4v) is 2.17. The molecule has 0 fully saturated rings. The summed E-state index contributed by atoms with van der Waals surface area (Å²) in [6, 6.07) is 13.3. The minimum atomic E-state index is -2.90. The molecule has 23 heavy (non-hydrogen) atoms. The van der Waals surface area contributed by atoms with Crippen molar-refractivity contribution < 1.29 is 13.5 Å². The van der Waals surface area contributed by atoms with Crippen LogP contribution in [0.4, 0.5) is 8.78 Å². The van der Waals surface area contributed by atoms with Gasteiger partial charge in [0.2, 0.25) is 0 Å². The van der Waals surface area contributed by atoms with Crippen LogP contribution in [0.3, 0.4) is 0 Å². The van der Waals surface area contributed by atoms with Crippen LogP contribution < -0.4 is 10.3 Å². The third-order valence-electron chi connectivity index (χ3n) is 3.19. The molecule has 0 saturated heterocycles. The van der Waals surface area contributed by atoms with Crippen molar-refractivity contribution in [2.24, 2.45) is 0 Å². The highest BCUT2D eigenvalue weighted by Crippen LogP contribution is 2.22. The van der Waals surface area contributed by atoms with Gasteiger partial charge in [-0.25, -0.2) is 4.98 Å². The summed E-state index contributed by atoms with van der Waals surface area (Å²) in [7, 11) is 0. The van der Waals surface area contributed by atoms with E-state index in [1.807, 2.05) is 0 Å². The highest BCUT2D eigenvalue weighted by atomic mass is 19.3. The molecule has 1 heterocycles. The van der Waals surface area contributed by atoms with Crippen molar-refractivity contribution in [2.45, 2.75) is 6.61 Å². The highest BCUT2D eigenvalue weighted by Gasteiger charge is 2.07. The van der Waals surface area contributed by atoms with Crippen LogP contribution in [0.1, 0.15) is 11.4 Å². The highest BCUT2D eigenvalue weighted by molar-refractivity contribution is 5.79. The van der Waals surface area contributed by atoms with Gasteiger partial charge in [0.05, 0.1) is 10.9 Å². The molecule has 2 aromatic carbocycles. The zero-order valence-electron chi connectivity index (χ0n) is 11.9. The van der Waals surface area contributed by atoms with Gasteiger partial charge < -0.3 is 9.72 Å². The lowest BCUT2D eigenvalue weighted by Crippen LogP contribution is -2.09. The lowest BCUT2D eigenvalue weighted by Gasteiger charge is -2.07. The van der Waals surface area contributed by atoms with Gasteiger partial charge in [0.15, 0.2) is 0 Å². The second-order valence-electron chi connectivity index (χ2n) is 4.72. The molecule has 1 aromatic heterocycles. The number of para-hydroxylation sites is 2. The van der Waals surface area contributed by atoms with Crippen LogP contribution in [0.5, 0.6) is 5.75 Å². The average molecular weight is 314 g/mol. The van der Waals surface area contributed by atoms with Gasteiger partial charge in [0.25, 0.3) is 5.56 Å². The van der Waals surface area contributed by atoms with Gasteiger partial charge in [-0.3, -0.25) is 4.79 Å². The van der Waals surface area contributed by atoms with E-state index in [0.717, 1.165) is 0 Å². The van der Waals surface area contributed by atoms with E-state index in [-0.39, 0.29) is 11.3 Å². The first-order valence-corrected chi connectivity index (χ1v) is 6.84. The summed E-state index contributed by atoms with van der Waals surface area (Å²) in [6.45, 7) is -2.90. The Balaban J connectivity index is 1.96. The monoisotopic (exact) mass is 314 g/mol. The van der Waals surface area contributed by atoms with Gasteiger partial charge in [-0.05, 0) is 30.4 Å². The summed E-state index contributed by atoms with van der Waals surface area (Å²) in [5, 5.41) is 0.492. The molecule has 0 amide bonds. The standard InChI is InChI=1S/C17H12F2N2O2/c18-17(19)23-14-8-4-1-5-11(14)9-10-15-20-13-7-3-2-6-12(13)16(22)21-15/h1-10,17H,(H,20,21,22)/b10-9+. The third-order valence-corrected chi connectivity index (χ3v) is 3.19. The number of H-pyrrole nitrogens is 1. The summed E-state index contributed by atoms with van der Waals surface area (Å²) in [5.74, 6) is 0.391. The van der Waals surface area contributed by atoms with E-state index in [1.54, 1.807) is 54.6 Å². The molecule has 6 heteroatoms. The summed E-state index contributed by atoms with van der Waals surface area (Å²) in [6.07, 6.45) is 3.10. The quantitative estimate of drug-likeness (QED) is 0.799. The number of hydrogen-bond donors (Lipinski definition) is 1. The molecule has 4 nitrogen and oxygen atoms in total. The predicted octanol–water partition coefficient (Wildman–Crippen LogP) is 3.69. The average Bonchev–Trinajstić information content (AvgIpc) is 2.54. The molecule has 0 atom stereocenters. The van der Waals surface area contributed by atoms with E-state index in [4.69, 9.17) is 0 Å². The Labute approximate surface area is 130 Å². The van der Waals surface area contributed by atoms with Crippen molar-refractivity contribution in [3.63, 3.8) is 0 Å². The minimum absolute atomic E-state index is 0.0573. The number of alkyl halides is 2. The van der Waals surface area contributed by atoms with Gasteiger partial charge in [0.1, 0.15) is 11.6 Å². The van der Waals surface area contributed by atoms with E-state index in [1.165, 1.54) is 6.07 Å². The largest absolute Gasteiger partial charge is 0.434 e. The number of rotatable bonds is 4. The maximum absolute atomic E-state index is 12.4. The molecule has 0 radical (unpaired) electrons. The molecule has 0 spiro atoms. The van der Waals surface area contributed by atoms with Gasteiger partial charge in [-0.15, -0.1) is 0 Å². The van der Waals surface area contributed by atoms with Crippen molar-refractivity contribution in [1.29, 1.82) is 0 Å². The molecule has 0 aliphatic heterocycles. The lowest BCUT2D eigenvalue weighted by molar-refractivity contribution is -0.0499. The third kappa shape index (κ3) is 3.42. The number of nitrogens with zero attached hydrogens (tertiary/aromatic N) is 1. The smallest absolute Gasteiger partial charge is 0.387 e.